The van der Waals surface area contributed by atoms with Crippen molar-refractivity contribution >= 4 is 5.78 Å². The van der Waals surface area contributed by atoms with Crippen molar-refractivity contribution in [2.75, 3.05) is 6.61 Å². The predicted molar refractivity (Wildman–Crippen MR) is 72.0 cm³/mol. The highest BCUT2D eigenvalue weighted by atomic mass is 16.5. The lowest BCUT2D eigenvalue weighted by Gasteiger charge is -2.06. The number of benzene rings is 1. The standard InChI is InChI=1S/C15H22O3/c1-13(16)8-5-3-2-4-6-11-18-15-10-7-9-14(17)12-15/h7,9-10,12,17H,2-6,8,11H2,1H3. The molecule has 0 aliphatic rings. The molecule has 1 aromatic carbocycles. The zero-order valence-electron chi connectivity index (χ0n) is 11.0. The Morgan fingerprint density at radius 1 is 1.17 bits per heavy atom. The van der Waals surface area contributed by atoms with Crippen LogP contribution in [0, 0.1) is 0 Å². The summed E-state index contributed by atoms with van der Waals surface area (Å²) in [6, 6.07) is 6.85. The van der Waals surface area contributed by atoms with E-state index in [4.69, 9.17) is 4.74 Å². The molecular weight excluding hydrogens is 228 g/mol. The second-order valence-electron chi connectivity index (χ2n) is 4.57. The number of hydrogen-bond donors (Lipinski definition) is 1. The number of carbonyl (C=O) groups is 1. The highest BCUT2D eigenvalue weighted by Crippen LogP contribution is 2.18. The van der Waals surface area contributed by atoms with Gasteiger partial charge in [0.25, 0.3) is 0 Å². The summed E-state index contributed by atoms with van der Waals surface area (Å²) in [5, 5.41) is 9.25. The third-order valence-electron chi connectivity index (χ3n) is 2.76. The van der Waals surface area contributed by atoms with Crippen LogP contribution in [0.1, 0.15) is 45.4 Å². The van der Waals surface area contributed by atoms with E-state index in [1.807, 2.05) is 6.07 Å². The van der Waals surface area contributed by atoms with E-state index < -0.39 is 0 Å². The van der Waals surface area contributed by atoms with Gasteiger partial charge < -0.3 is 14.6 Å². The Labute approximate surface area is 109 Å². The highest BCUT2D eigenvalue weighted by Gasteiger charge is 1.96. The van der Waals surface area contributed by atoms with Gasteiger partial charge >= 0.3 is 0 Å². The van der Waals surface area contributed by atoms with Crippen molar-refractivity contribution in [1.29, 1.82) is 0 Å². The van der Waals surface area contributed by atoms with Gasteiger partial charge in [0, 0.05) is 12.5 Å². The van der Waals surface area contributed by atoms with Crippen LogP contribution in [0.15, 0.2) is 24.3 Å². The lowest BCUT2D eigenvalue weighted by atomic mass is 10.1. The lowest BCUT2D eigenvalue weighted by molar-refractivity contribution is -0.117. The normalized spacial score (nSPS) is 10.3. The van der Waals surface area contributed by atoms with Gasteiger partial charge in [-0.15, -0.1) is 0 Å². The molecule has 3 heteroatoms. The summed E-state index contributed by atoms with van der Waals surface area (Å²) < 4.78 is 5.52. The van der Waals surface area contributed by atoms with Crippen molar-refractivity contribution in [3.63, 3.8) is 0 Å². The fourth-order valence-electron chi connectivity index (χ4n) is 1.77. The molecular formula is C15H22O3. The lowest BCUT2D eigenvalue weighted by Crippen LogP contribution is -1.97. The number of phenolic OH excluding ortho intramolecular Hbond substituents is 1. The summed E-state index contributed by atoms with van der Waals surface area (Å²) in [5.41, 5.74) is 0. The summed E-state index contributed by atoms with van der Waals surface area (Å²) in [4.78, 5) is 10.7. The van der Waals surface area contributed by atoms with Crippen LogP contribution >= 0.6 is 0 Å². The minimum atomic E-state index is 0.233. The van der Waals surface area contributed by atoms with Crippen LogP contribution < -0.4 is 4.74 Å². The fraction of sp³-hybridized carbons (Fsp3) is 0.533. The van der Waals surface area contributed by atoms with Crippen LogP contribution in [-0.4, -0.2) is 17.5 Å². The number of ketones is 1. The summed E-state index contributed by atoms with van der Waals surface area (Å²) >= 11 is 0. The molecule has 0 aliphatic carbocycles. The molecule has 1 aromatic rings. The Morgan fingerprint density at radius 2 is 1.89 bits per heavy atom. The van der Waals surface area contributed by atoms with E-state index >= 15 is 0 Å². The summed E-state index contributed by atoms with van der Waals surface area (Å²) in [7, 11) is 0. The fourth-order valence-corrected chi connectivity index (χ4v) is 1.77. The van der Waals surface area contributed by atoms with E-state index in [2.05, 4.69) is 0 Å². The molecule has 0 aromatic heterocycles. The maximum absolute atomic E-state index is 10.7. The molecule has 100 valence electrons. The zero-order valence-corrected chi connectivity index (χ0v) is 11.0. The van der Waals surface area contributed by atoms with Gasteiger partial charge in [-0.3, -0.25) is 0 Å². The molecule has 0 atom stereocenters. The number of Topliss-reactive ketones (excluding diaryl/α,β-unsaturated/α-hetero) is 1. The van der Waals surface area contributed by atoms with E-state index in [0.29, 0.717) is 18.8 Å². The minimum Gasteiger partial charge on any atom is -0.508 e. The Kier molecular flexibility index (Phi) is 6.92. The summed E-state index contributed by atoms with van der Waals surface area (Å²) in [6.07, 6.45) is 6.11. The minimum absolute atomic E-state index is 0.233. The van der Waals surface area contributed by atoms with Crippen molar-refractivity contribution in [2.24, 2.45) is 0 Å². The van der Waals surface area contributed by atoms with Crippen molar-refractivity contribution < 1.29 is 14.6 Å². The molecule has 0 unspecified atom stereocenters. The van der Waals surface area contributed by atoms with Gasteiger partial charge in [0.2, 0.25) is 0 Å². The molecule has 1 N–H and O–H groups in total. The Morgan fingerprint density at radius 3 is 2.61 bits per heavy atom. The van der Waals surface area contributed by atoms with Crippen LogP contribution in [0.3, 0.4) is 0 Å². The van der Waals surface area contributed by atoms with Crippen LogP contribution in [0.4, 0.5) is 0 Å². The molecule has 0 aliphatic heterocycles. The number of aromatic hydroxyl groups is 1. The topological polar surface area (TPSA) is 46.5 Å². The van der Waals surface area contributed by atoms with Crippen molar-refractivity contribution in [2.45, 2.75) is 45.4 Å². The number of carbonyl (C=O) groups excluding carboxylic acids is 1. The molecule has 0 radical (unpaired) electrons. The van der Waals surface area contributed by atoms with Gasteiger partial charge in [-0.2, -0.15) is 0 Å². The summed E-state index contributed by atoms with van der Waals surface area (Å²) in [5.74, 6) is 1.23. The van der Waals surface area contributed by atoms with E-state index in [1.54, 1.807) is 25.1 Å². The van der Waals surface area contributed by atoms with Gasteiger partial charge in [-0.1, -0.05) is 25.3 Å². The van der Waals surface area contributed by atoms with Gasteiger partial charge in [-0.05, 0) is 31.9 Å². The Bertz CT molecular complexity index is 361. The first-order valence-corrected chi connectivity index (χ1v) is 6.60. The molecule has 1 rings (SSSR count). The van der Waals surface area contributed by atoms with Crippen LogP contribution in [0.5, 0.6) is 11.5 Å². The largest absolute Gasteiger partial charge is 0.508 e. The van der Waals surface area contributed by atoms with Gasteiger partial charge in [-0.25, -0.2) is 0 Å². The van der Waals surface area contributed by atoms with Crippen LogP contribution in [0.25, 0.3) is 0 Å². The third-order valence-corrected chi connectivity index (χ3v) is 2.76. The van der Waals surface area contributed by atoms with E-state index in [-0.39, 0.29) is 11.5 Å². The molecule has 0 saturated carbocycles. The van der Waals surface area contributed by atoms with E-state index in [1.165, 1.54) is 0 Å². The first kappa shape index (κ1) is 14.6. The first-order chi connectivity index (χ1) is 8.68. The molecule has 0 amide bonds. The second-order valence-corrected chi connectivity index (χ2v) is 4.57. The van der Waals surface area contributed by atoms with Crippen LogP contribution in [-0.2, 0) is 4.79 Å². The number of unbranched alkanes of at least 4 members (excludes halogenated alkanes) is 4. The molecule has 18 heavy (non-hydrogen) atoms. The maximum atomic E-state index is 10.7. The van der Waals surface area contributed by atoms with Crippen molar-refractivity contribution in [3.8, 4) is 11.5 Å². The molecule has 0 heterocycles. The average molecular weight is 250 g/mol. The monoisotopic (exact) mass is 250 g/mol. The van der Waals surface area contributed by atoms with Crippen LogP contribution in [0.2, 0.25) is 0 Å². The molecule has 0 saturated heterocycles. The van der Waals surface area contributed by atoms with Gasteiger partial charge in [0.05, 0.1) is 6.61 Å². The quantitative estimate of drug-likeness (QED) is 0.680. The molecule has 0 fully saturated rings. The number of hydrogen-bond acceptors (Lipinski definition) is 3. The van der Waals surface area contributed by atoms with Gasteiger partial charge in [0.1, 0.15) is 17.3 Å². The maximum Gasteiger partial charge on any atom is 0.129 e. The predicted octanol–water partition coefficient (Wildman–Crippen LogP) is 3.70. The zero-order chi connectivity index (χ0) is 13.2. The Hall–Kier alpha value is -1.51. The molecule has 0 spiro atoms. The Balaban J connectivity index is 1.97. The number of phenols is 1. The van der Waals surface area contributed by atoms with Crippen molar-refractivity contribution in [1.82, 2.24) is 0 Å². The first-order valence-electron chi connectivity index (χ1n) is 6.60. The van der Waals surface area contributed by atoms with E-state index in [0.717, 1.165) is 32.1 Å². The van der Waals surface area contributed by atoms with E-state index in [9.17, 15) is 9.90 Å². The second kappa shape index (κ2) is 8.56. The molecule has 0 bridgehead atoms. The third kappa shape index (κ3) is 6.94. The smallest absolute Gasteiger partial charge is 0.129 e. The van der Waals surface area contributed by atoms with Gasteiger partial charge in [0.15, 0.2) is 0 Å². The molecule has 3 nitrogen and oxygen atoms in total. The number of rotatable bonds is 9. The number of ether oxygens (including phenoxy) is 1. The summed E-state index contributed by atoms with van der Waals surface area (Å²) in [6.45, 7) is 2.32. The SMILES string of the molecule is CC(=O)CCCCCCCOc1cccc(O)c1. The average Bonchev–Trinajstić information content (AvgIpc) is 2.32. The van der Waals surface area contributed by atoms with Crippen molar-refractivity contribution in [3.05, 3.63) is 24.3 Å². The highest BCUT2D eigenvalue weighted by molar-refractivity contribution is 5.75.